The number of aromatic nitrogens is 5. The third-order valence-corrected chi connectivity index (χ3v) is 4.71. The maximum Gasteiger partial charge on any atom is 0.276 e. The summed E-state index contributed by atoms with van der Waals surface area (Å²) in [7, 11) is 0. The van der Waals surface area contributed by atoms with Gasteiger partial charge in [-0.25, -0.2) is 0 Å². The van der Waals surface area contributed by atoms with Crippen LogP contribution >= 0.6 is 23.6 Å². The van der Waals surface area contributed by atoms with Crippen molar-refractivity contribution >= 4 is 34.6 Å². The largest absolute Gasteiger partial charge is 0.336 e. The lowest BCUT2D eigenvalue weighted by molar-refractivity contribution is 0.102. The van der Waals surface area contributed by atoms with Crippen molar-refractivity contribution in [3.63, 3.8) is 0 Å². The van der Waals surface area contributed by atoms with E-state index in [1.165, 1.54) is 11.3 Å². The zero-order valence-corrected chi connectivity index (χ0v) is 14.9. The summed E-state index contributed by atoms with van der Waals surface area (Å²) in [5.41, 5.74) is 1.89. The summed E-state index contributed by atoms with van der Waals surface area (Å²) in [6.45, 7) is 0. The van der Waals surface area contributed by atoms with Crippen LogP contribution in [-0.4, -0.2) is 30.6 Å². The molecule has 0 saturated carbocycles. The monoisotopic (exact) mass is 380 g/mol. The van der Waals surface area contributed by atoms with Crippen molar-refractivity contribution < 1.29 is 4.79 Å². The molecule has 0 bridgehead atoms. The van der Waals surface area contributed by atoms with Crippen molar-refractivity contribution in [1.29, 1.82) is 0 Å². The van der Waals surface area contributed by atoms with Gasteiger partial charge in [-0.2, -0.15) is 0 Å². The molecule has 0 aliphatic rings. The maximum atomic E-state index is 12.7. The second-order valence-electron chi connectivity index (χ2n) is 5.23. The van der Waals surface area contributed by atoms with Crippen LogP contribution in [0.15, 0.2) is 60.9 Å². The Kier molecular flexibility index (Phi) is 4.38. The lowest BCUT2D eigenvalue weighted by Crippen LogP contribution is -2.16. The second kappa shape index (κ2) is 6.98. The normalized spacial score (nSPS) is 10.6. The van der Waals surface area contributed by atoms with Crippen LogP contribution in [0.1, 0.15) is 10.5 Å². The first-order valence-corrected chi connectivity index (χ1v) is 8.87. The Morgan fingerprint density at radius 3 is 2.69 bits per heavy atom. The third kappa shape index (κ3) is 3.17. The fourth-order valence-corrected chi connectivity index (χ4v) is 3.37. The van der Waals surface area contributed by atoms with Crippen LogP contribution in [0.25, 0.3) is 16.4 Å². The van der Waals surface area contributed by atoms with Gasteiger partial charge in [0.05, 0.1) is 0 Å². The first-order valence-electron chi connectivity index (χ1n) is 7.64. The van der Waals surface area contributed by atoms with Gasteiger partial charge in [-0.15, -0.1) is 10.2 Å². The van der Waals surface area contributed by atoms with E-state index in [0.29, 0.717) is 26.3 Å². The molecule has 3 aromatic heterocycles. The first-order chi connectivity index (χ1) is 12.7. The van der Waals surface area contributed by atoms with Crippen molar-refractivity contribution in [2.45, 2.75) is 0 Å². The molecule has 0 fully saturated rings. The molecule has 2 N–H and O–H groups in total. The number of para-hydroxylation sites is 1. The number of hydrogen-bond acceptors (Lipinski definition) is 6. The molecular formula is C17H12N6OS2. The zero-order valence-electron chi connectivity index (χ0n) is 13.3. The molecule has 0 spiro atoms. The molecule has 9 heteroatoms. The number of amides is 1. The third-order valence-electron chi connectivity index (χ3n) is 3.55. The van der Waals surface area contributed by atoms with E-state index in [1.54, 1.807) is 17.0 Å². The van der Waals surface area contributed by atoms with Gasteiger partial charge < -0.3 is 4.98 Å². The number of rotatable bonds is 4. The Bertz CT molecular complexity index is 1100. The summed E-state index contributed by atoms with van der Waals surface area (Å²) in [4.78, 5) is 19.8. The van der Waals surface area contributed by atoms with Gasteiger partial charge in [0.2, 0.25) is 5.13 Å². The lowest BCUT2D eigenvalue weighted by Gasteiger charge is -2.07. The van der Waals surface area contributed by atoms with Crippen molar-refractivity contribution in [3.8, 4) is 16.4 Å². The van der Waals surface area contributed by atoms with Gasteiger partial charge in [0, 0.05) is 18.1 Å². The van der Waals surface area contributed by atoms with Crippen LogP contribution in [0.3, 0.4) is 0 Å². The quantitative estimate of drug-likeness (QED) is 0.527. The van der Waals surface area contributed by atoms with E-state index in [4.69, 9.17) is 12.2 Å². The molecular weight excluding hydrogens is 368 g/mol. The minimum atomic E-state index is -0.329. The first kappa shape index (κ1) is 16.3. The summed E-state index contributed by atoms with van der Waals surface area (Å²) >= 11 is 6.56. The van der Waals surface area contributed by atoms with E-state index in [-0.39, 0.29) is 5.91 Å². The standard InChI is InChI=1S/C17H12N6OS2/c24-14(13-10-19-17(25)23(13)11-6-2-1-3-7-11)20-16-22-21-15(26-16)12-8-4-5-9-18-12/h1-10H,(H,19,25)(H,20,22,24). The lowest BCUT2D eigenvalue weighted by atomic mass is 10.3. The van der Waals surface area contributed by atoms with Gasteiger partial charge in [0.25, 0.3) is 5.91 Å². The summed E-state index contributed by atoms with van der Waals surface area (Å²) in [6.07, 6.45) is 3.26. The molecule has 128 valence electrons. The van der Waals surface area contributed by atoms with Gasteiger partial charge in [-0.3, -0.25) is 19.7 Å². The van der Waals surface area contributed by atoms with Crippen LogP contribution in [0, 0.1) is 4.77 Å². The highest BCUT2D eigenvalue weighted by molar-refractivity contribution is 7.71. The minimum absolute atomic E-state index is 0.329. The highest BCUT2D eigenvalue weighted by Gasteiger charge is 2.17. The molecule has 0 aliphatic heterocycles. The summed E-state index contributed by atoms with van der Waals surface area (Å²) in [5, 5.41) is 11.9. The summed E-state index contributed by atoms with van der Waals surface area (Å²) in [5.74, 6) is -0.329. The van der Waals surface area contributed by atoms with Gasteiger partial charge in [-0.1, -0.05) is 35.6 Å². The highest BCUT2D eigenvalue weighted by atomic mass is 32.1. The Balaban J connectivity index is 1.61. The summed E-state index contributed by atoms with van der Waals surface area (Å²) in [6, 6.07) is 15.0. The van der Waals surface area contributed by atoms with Crippen LogP contribution in [0.2, 0.25) is 0 Å². The molecule has 1 amide bonds. The maximum absolute atomic E-state index is 12.7. The molecule has 4 rings (SSSR count). The number of benzene rings is 1. The van der Waals surface area contributed by atoms with E-state index in [2.05, 4.69) is 25.5 Å². The Hall–Kier alpha value is -3.17. The van der Waals surface area contributed by atoms with E-state index >= 15 is 0 Å². The van der Waals surface area contributed by atoms with Crippen molar-refractivity contribution in [2.24, 2.45) is 0 Å². The molecule has 0 saturated heterocycles. The van der Waals surface area contributed by atoms with Crippen LogP contribution in [0.4, 0.5) is 5.13 Å². The summed E-state index contributed by atoms with van der Waals surface area (Å²) < 4.78 is 2.11. The van der Waals surface area contributed by atoms with Crippen LogP contribution in [-0.2, 0) is 0 Å². The highest BCUT2D eigenvalue weighted by Crippen LogP contribution is 2.25. The number of nitrogens with zero attached hydrogens (tertiary/aromatic N) is 4. The van der Waals surface area contributed by atoms with E-state index in [9.17, 15) is 4.79 Å². The molecule has 0 atom stereocenters. The average molecular weight is 380 g/mol. The number of carbonyl (C=O) groups is 1. The van der Waals surface area contributed by atoms with Gasteiger partial charge in [0.1, 0.15) is 11.4 Å². The van der Waals surface area contributed by atoms with Crippen molar-refractivity contribution in [3.05, 3.63) is 71.4 Å². The number of hydrogen-bond donors (Lipinski definition) is 2. The predicted octanol–water partition coefficient (Wildman–Crippen LogP) is 3.70. The molecule has 7 nitrogen and oxygen atoms in total. The van der Waals surface area contributed by atoms with Crippen molar-refractivity contribution in [1.82, 2.24) is 24.7 Å². The number of H-pyrrole nitrogens is 1. The number of aromatic amines is 1. The molecule has 0 aliphatic carbocycles. The number of anilines is 1. The predicted molar refractivity (Wildman–Crippen MR) is 102 cm³/mol. The average Bonchev–Trinajstić information content (AvgIpc) is 3.30. The smallest absolute Gasteiger partial charge is 0.276 e. The number of pyridine rings is 1. The number of nitrogens with one attached hydrogen (secondary N) is 2. The van der Waals surface area contributed by atoms with Gasteiger partial charge in [-0.05, 0) is 36.5 Å². The SMILES string of the molecule is O=C(Nc1nnc(-c2ccccn2)s1)c1c[nH]c(=S)n1-c1ccccc1. The number of carbonyl (C=O) groups excluding carboxylic acids is 1. The second-order valence-corrected chi connectivity index (χ2v) is 6.60. The molecule has 26 heavy (non-hydrogen) atoms. The fourth-order valence-electron chi connectivity index (χ4n) is 2.40. The molecule has 0 unspecified atom stereocenters. The zero-order chi connectivity index (χ0) is 17.9. The molecule has 1 aromatic carbocycles. The van der Waals surface area contributed by atoms with Gasteiger partial charge >= 0.3 is 0 Å². The van der Waals surface area contributed by atoms with Crippen LogP contribution < -0.4 is 5.32 Å². The van der Waals surface area contributed by atoms with Gasteiger partial charge in [0.15, 0.2) is 9.78 Å². The van der Waals surface area contributed by atoms with E-state index in [1.807, 2.05) is 48.5 Å². The molecule has 0 radical (unpaired) electrons. The Morgan fingerprint density at radius 2 is 1.92 bits per heavy atom. The number of imidazole rings is 1. The van der Waals surface area contributed by atoms with Crippen molar-refractivity contribution in [2.75, 3.05) is 5.32 Å². The van der Waals surface area contributed by atoms with E-state index in [0.717, 1.165) is 5.69 Å². The molecule has 3 heterocycles. The Morgan fingerprint density at radius 1 is 1.12 bits per heavy atom. The topological polar surface area (TPSA) is 88.5 Å². The molecule has 4 aromatic rings. The minimum Gasteiger partial charge on any atom is -0.336 e. The van der Waals surface area contributed by atoms with Crippen LogP contribution in [0.5, 0.6) is 0 Å². The van der Waals surface area contributed by atoms with E-state index < -0.39 is 0 Å². The fraction of sp³-hybridized carbons (Fsp3) is 0. The Labute approximate surface area is 157 Å².